The van der Waals surface area contributed by atoms with Gasteiger partial charge in [-0.1, -0.05) is 50.6 Å². The zero-order valence-corrected chi connectivity index (χ0v) is 13.4. The quantitative estimate of drug-likeness (QED) is 0.833. The Kier molecular flexibility index (Phi) is 4.76. The predicted molar refractivity (Wildman–Crippen MR) is 79.3 cm³/mol. The standard InChI is InChI=1S/C15H26O2Si/c1-12-7-9-13(10-8-12)14(16)11-17-18(5,6)15(2,3)4/h7-10,14,16H,11H2,1-6H3. The van der Waals surface area contributed by atoms with Gasteiger partial charge in [-0.05, 0) is 30.6 Å². The van der Waals surface area contributed by atoms with Crippen molar-refractivity contribution in [3.8, 4) is 0 Å². The van der Waals surface area contributed by atoms with E-state index in [1.807, 2.05) is 31.2 Å². The monoisotopic (exact) mass is 266 g/mol. The molecule has 0 aliphatic carbocycles. The highest BCUT2D eigenvalue weighted by molar-refractivity contribution is 6.74. The van der Waals surface area contributed by atoms with Gasteiger partial charge in [0.2, 0.25) is 0 Å². The lowest BCUT2D eigenvalue weighted by Gasteiger charge is -2.36. The lowest BCUT2D eigenvalue weighted by Crippen LogP contribution is -2.41. The molecular weight excluding hydrogens is 240 g/mol. The van der Waals surface area contributed by atoms with Crippen LogP contribution in [0.2, 0.25) is 18.1 Å². The number of benzene rings is 1. The highest BCUT2D eigenvalue weighted by Crippen LogP contribution is 2.37. The molecule has 3 heteroatoms. The summed E-state index contributed by atoms with van der Waals surface area (Å²) < 4.78 is 6.03. The first kappa shape index (κ1) is 15.4. The van der Waals surface area contributed by atoms with Crippen LogP contribution >= 0.6 is 0 Å². The molecule has 1 aromatic carbocycles. The minimum absolute atomic E-state index is 0.181. The Morgan fingerprint density at radius 2 is 1.67 bits per heavy atom. The van der Waals surface area contributed by atoms with Crippen molar-refractivity contribution >= 4 is 8.32 Å². The van der Waals surface area contributed by atoms with Crippen molar-refractivity contribution in [3.05, 3.63) is 35.4 Å². The van der Waals surface area contributed by atoms with E-state index in [9.17, 15) is 5.11 Å². The molecule has 0 amide bonds. The summed E-state index contributed by atoms with van der Waals surface area (Å²) in [5.74, 6) is 0. The number of aliphatic hydroxyl groups excluding tert-OH is 1. The Labute approximate surface area is 112 Å². The summed E-state index contributed by atoms with van der Waals surface area (Å²) >= 11 is 0. The average Bonchev–Trinajstić information content (AvgIpc) is 2.25. The summed E-state index contributed by atoms with van der Waals surface area (Å²) in [7, 11) is -1.77. The van der Waals surface area contributed by atoms with Crippen LogP contribution in [-0.4, -0.2) is 20.0 Å². The third kappa shape index (κ3) is 3.94. The fraction of sp³-hybridized carbons (Fsp3) is 0.600. The van der Waals surface area contributed by atoms with Crippen LogP contribution in [0.5, 0.6) is 0 Å². The van der Waals surface area contributed by atoms with E-state index in [-0.39, 0.29) is 5.04 Å². The summed E-state index contributed by atoms with van der Waals surface area (Å²) in [6, 6.07) is 7.97. The minimum atomic E-state index is -1.77. The second kappa shape index (κ2) is 5.55. The molecular formula is C15H26O2Si. The first-order chi connectivity index (χ1) is 8.13. The van der Waals surface area contributed by atoms with Gasteiger partial charge in [-0.3, -0.25) is 0 Å². The fourth-order valence-electron chi connectivity index (χ4n) is 1.39. The molecule has 1 atom stereocenters. The van der Waals surface area contributed by atoms with E-state index < -0.39 is 14.4 Å². The number of aryl methyl sites for hydroxylation is 1. The van der Waals surface area contributed by atoms with E-state index in [1.54, 1.807) is 0 Å². The zero-order chi connectivity index (χ0) is 14.0. The lowest BCUT2D eigenvalue weighted by molar-refractivity contribution is 0.100. The maximum atomic E-state index is 10.1. The summed E-state index contributed by atoms with van der Waals surface area (Å²) in [5, 5.41) is 10.3. The Morgan fingerprint density at radius 1 is 1.17 bits per heavy atom. The second-order valence-electron chi connectivity index (χ2n) is 6.50. The molecule has 0 fully saturated rings. The Hall–Kier alpha value is -0.643. The van der Waals surface area contributed by atoms with Crippen molar-refractivity contribution in [2.75, 3.05) is 6.61 Å². The molecule has 1 rings (SSSR count). The van der Waals surface area contributed by atoms with Crippen LogP contribution in [0.4, 0.5) is 0 Å². The fourth-order valence-corrected chi connectivity index (χ4v) is 2.40. The van der Waals surface area contributed by atoms with Gasteiger partial charge < -0.3 is 9.53 Å². The molecule has 1 N–H and O–H groups in total. The molecule has 0 spiro atoms. The van der Waals surface area contributed by atoms with Crippen LogP contribution in [0.1, 0.15) is 38.0 Å². The average molecular weight is 266 g/mol. The van der Waals surface area contributed by atoms with E-state index in [4.69, 9.17) is 4.43 Å². The van der Waals surface area contributed by atoms with Gasteiger partial charge in [0.15, 0.2) is 8.32 Å². The molecule has 0 bridgehead atoms. The van der Waals surface area contributed by atoms with E-state index in [2.05, 4.69) is 33.9 Å². The second-order valence-corrected chi connectivity index (χ2v) is 11.3. The number of hydrogen-bond acceptors (Lipinski definition) is 2. The summed E-state index contributed by atoms with van der Waals surface area (Å²) in [5.41, 5.74) is 2.13. The Bertz CT molecular complexity index is 376. The third-order valence-corrected chi connectivity index (χ3v) is 8.37. The molecule has 102 valence electrons. The zero-order valence-electron chi connectivity index (χ0n) is 12.4. The van der Waals surface area contributed by atoms with Gasteiger partial charge in [-0.2, -0.15) is 0 Å². The highest BCUT2D eigenvalue weighted by Gasteiger charge is 2.37. The van der Waals surface area contributed by atoms with Crippen LogP contribution in [0.3, 0.4) is 0 Å². The van der Waals surface area contributed by atoms with Crippen LogP contribution in [0.25, 0.3) is 0 Å². The van der Waals surface area contributed by atoms with Crippen LogP contribution in [0.15, 0.2) is 24.3 Å². The highest BCUT2D eigenvalue weighted by atomic mass is 28.4. The maximum absolute atomic E-state index is 10.1. The van der Waals surface area contributed by atoms with Crippen molar-refractivity contribution in [2.45, 2.75) is 51.9 Å². The molecule has 1 unspecified atom stereocenters. The molecule has 0 saturated carbocycles. The van der Waals surface area contributed by atoms with Gasteiger partial charge in [0, 0.05) is 0 Å². The first-order valence-corrected chi connectivity index (χ1v) is 9.43. The van der Waals surface area contributed by atoms with Crippen molar-refractivity contribution in [1.82, 2.24) is 0 Å². The Balaban J connectivity index is 2.61. The lowest BCUT2D eigenvalue weighted by atomic mass is 10.1. The predicted octanol–water partition coefficient (Wildman–Crippen LogP) is 4.05. The molecule has 0 aliphatic rings. The van der Waals surface area contributed by atoms with Crippen LogP contribution < -0.4 is 0 Å². The molecule has 0 saturated heterocycles. The van der Waals surface area contributed by atoms with Gasteiger partial charge in [-0.25, -0.2) is 0 Å². The summed E-state index contributed by atoms with van der Waals surface area (Å²) in [6.45, 7) is 13.5. The van der Waals surface area contributed by atoms with Crippen LogP contribution in [0, 0.1) is 6.92 Å². The largest absolute Gasteiger partial charge is 0.414 e. The minimum Gasteiger partial charge on any atom is -0.414 e. The number of hydrogen-bond donors (Lipinski definition) is 1. The molecule has 2 nitrogen and oxygen atoms in total. The van der Waals surface area contributed by atoms with E-state index in [1.165, 1.54) is 5.56 Å². The molecule has 0 aliphatic heterocycles. The molecule has 0 aromatic heterocycles. The van der Waals surface area contributed by atoms with Gasteiger partial charge >= 0.3 is 0 Å². The SMILES string of the molecule is Cc1ccc(C(O)CO[Si](C)(C)C(C)(C)C)cc1. The van der Waals surface area contributed by atoms with Crippen molar-refractivity contribution in [2.24, 2.45) is 0 Å². The van der Waals surface area contributed by atoms with E-state index in [0.717, 1.165) is 5.56 Å². The smallest absolute Gasteiger partial charge is 0.192 e. The third-order valence-electron chi connectivity index (χ3n) is 3.87. The molecule has 1 aromatic rings. The Morgan fingerprint density at radius 3 is 2.11 bits per heavy atom. The maximum Gasteiger partial charge on any atom is 0.192 e. The van der Waals surface area contributed by atoms with Gasteiger partial charge in [-0.15, -0.1) is 0 Å². The topological polar surface area (TPSA) is 29.5 Å². The van der Waals surface area contributed by atoms with Crippen molar-refractivity contribution < 1.29 is 9.53 Å². The van der Waals surface area contributed by atoms with E-state index in [0.29, 0.717) is 6.61 Å². The van der Waals surface area contributed by atoms with Gasteiger partial charge in [0.1, 0.15) is 6.10 Å². The normalized spacial score (nSPS) is 14.6. The van der Waals surface area contributed by atoms with E-state index >= 15 is 0 Å². The summed E-state index contributed by atoms with van der Waals surface area (Å²) in [6.07, 6.45) is -0.528. The van der Waals surface area contributed by atoms with Gasteiger partial charge in [0.05, 0.1) is 6.61 Å². The first-order valence-electron chi connectivity index (χ1n) is 6.52. The van der Waals surface area contributed by atoms with Crippen LogP contribution in [-0.2, 0) is 4.43 Å². The molecule has 0 heterocycles. The number of rotatable bonds is 4. The molecule has 18 heavy (non-hydrogen) atoms. The van der Waals surface area contributed by atoms with Gasteiger partial charge in [0.25, 0.3) is 0 Å². The van der Waals surface area contributed by atoms with Crippen molar-refractivity contribution in [3.63, 3.8) is 0 Å². The molecule has 0 radical (unpaired) electrons. The number of aliphatic hydroxyl groups is 1. The van der Waals surface area contributed by atoms with Crippen molar-refractivity contribution in [1.29, 1.82) is 0 Å². The summed E-state index contributed by atoms with van der Waals surface area (Å²) in [4.78, 5) is 0.